The van der Waals surface area contributed by atoms with Gasteiger partial charge in [0.15, 0.2) is 0 Å². The van der Waals surface area contributed by atoms with Crippen LogP contribution >= 0.6 is 0 Å². The molecule has 4 nitrogen and oxygen atoms in total. The summed E-state index contributed by atoms with van der Waals surface area (Å²) in [5.74, 6) is -0.112. The summed E-state index contributed by atoms with van der Waals surface area (Å²) < 4.78 is 0. The molecular weight excluding hydrogens is 240 g/mol. The number of hydrogen-bond donors (Lipinski definition) is 0. The van der Waals surface area contributed by atoms with Crippen LogP contribution in [-0.2, 0) is 16.2 Å². The van der Waals surface area contributed by atoms with Crippen molar-refractivity contribution in [2.45, 2.75) is 26.3 Å². The van der Waals surface area contributed by atoms with Crippen LogP contribution in [0.25, 0.3) is 0 Å². The third kappa shape index (κ3) is 4.65. The zero-order chi connectivity index (χ0) is 13.5. The molecule has 0 N–H and O–H groups in total. The Kier molecular flexibility index (Phi) is 5.36. The third-order valence-electron chi connectivity index (χ3n) is 3.27. The minimum absolute atomic E-state index is 0.112. The molecule has 19 heavy (non-hydrogen) atoms. The molecule has 1 fully saturated rings. The van der Waals surface area contributed by atoms with E-state index in [0.29, 0.717) is 6.42 Å². The van der Waals surface area contributed by atoms with Crippen LogP contribution in [0, 0.1) is 0 Å². The first-order valence-corrected chi connectivity index (χ1v) is 7.00. The Bertz CT molecular complexity index is 386. The van der Waals surface area contributed by atoms with Gasteiger partial charge in [-0.15, -0.1) is 5.06 Å². The minimum Gasteiger partial charge on any atom is -0.368 e. The number of benzene rings is 1. The van der Waals surface area contributed by atoms with Crippen molar-refractivity contribution < 1.29 is 9.63 Å². The number of carbonyl (C=O) groups excluding carboxylic acids is 1. The highest BCUT2D eigenvalue weighted by atomic mass is 16.7. The summed E-state index contributed by atoms with van der Waals surface area (Å²) >= 11 is 0. The largest absolute Gasteiger partial charge is 0.368 e. The topological polar surface area (TPSA) is 32.8 Å². The maximum atomic E-state index is 11.4. The minimum atomic E-state index is -0.112. The molecule has 1 aromatic rings. The monoisotopic (exact) mass is 262 g/mol. The highest BCUT2D eigenvalue weighted by Gasteiger charge is 2.19. The summed E-state index contributed by atoms with van der Waals surface area (Å²) in [6.45, 7) is 6.42. The molecule has 0 unspecified atom stereocenters. The Labute approximate surface area is 114 Å². The molecule has 0 spiro atoms. The van der Waals surface area contributed by atoms with Gasteiger partial charge < -0.3 is 4.84 Å². The molecular formula is C15H22N2O2. The first-order chi connectivity index (χ1) is 9.28. The fraction of sp³-hybridized carbons (Fsp3) is 0.533. The molecule has 1 aliphatic heterocycles. The maximum Gasteiger partial charge on any atom is 0.325 e. The number of piperazine rings is 1. The van der Waals surface area contributed by atoms with E-state index in [1.54, 1.807) is 5.06 Å². The maximum absolute atomic E-state index is 11.4. The molecule has 104 valence electrons. The van der Waals surface area contributed by atoms with E-state index in [-0.39, 0.29) is 5.97 Å². The fourth-order valence-electron chi connectivity index (χ4n) is 2.21. The van der Waals surface area contributed by atoms with Gasteiger partial charge in [0.25, 0.3) is 0 Å². The SMILES string of the molecule is CCCC(=O)ON1CCN(Cc2ccccc2)CC1. The second kappa shape index (κ2) is 7.26. The smallest absolute Gasteiger partial charge is 0.325 e. The van der Waals surface area contributed by atoms with Gasteiger partial charge in [-0.1, -0.05) is 37.3 Å². The van der Waals surface area contributed by atoms with Crippen molar-refractivity contribution in [1.82, 2.24) is 9.96 Å². The highest BCUT2D eigenvalue weighted by molar-refractivity contribution is 5.68. The molecule has 2 rings (SSSR count). The Morgan fingerprint density at radius 1 is 1.16 bits per heavy atom. The van der Waals surface area contributed by atoms with E-state index in [1.165, 1.54) is 5.56 Å². The van der Waals surface area contributed by atoms with Crippen LogP contribution in [0.4, 0.5) is 0 Å². The summed E-state index contributed by atoms with van der Waals surface area (Å²) in [5.41, 5.74) is 1.33. The van der Waals surface area contributed by atoms with E-state index in [2.05, 4.69) is 29.2 Å². The highest BCUT2D eigenvalue weighted by Crippen LogP contribution is 2.09. The van der Waals surface area contributed by atoms with Gasteiger partial charge >= 0.3 is 5.97 Å². The standard InChI is InChI=1S/C15H22N2O2/c1-2-6-15(18)19-17-11-9-16(10-12-17)13-14-7-4-3-5-8-14/h3-5,7-8H,2,6,9-13H2,1H3. The first-order valence-electron chi connectivity index (χ1n) is 7.00. The summed E-state index contributed by atoms with van der Waals surface area (Å²) in [7, 11) is 0. The Morgan fingerprint density at radius 2 is 1.84 bits per heavy atom. The van der Waals surface area contributed by atoms with Gasteiger partial charge in [-0.25, -0.2) is 0 Å². The quantitative estimate of drug-likeness (QED) is 0.813. The van der Waals surface area contributed by atoms with Crippen LogP contribution in [0.1, 0.15) is 25.3 Å². The van der Waals surface area contributed by atoms with E-state index < -0.39 is 0 Å². The van der Waals surface area contributed by atoms with E-state index in [4.69, 9.17) is 4.84 Å². The van der Waals surface area contributed by atoms with Gasteiger partial charge in [-0.05, 0) is 12.0 Å². The molecule has 1 saturated heterocycles. The van der Waals surface area contributed by atoms with Gasteiger partial charge in [-0.3, -0.25) is 9.69 Å². The first kappa shape index (κ1) is 14.0. The lowest BCUT2D eigenvalue weighted by atomic mass is 10.2. The lowest BCUT2D eigenvalue weighted by Crippen LogP contribution is -2.46. The van der Waals surface area contributed by atoms with E-state index in [1.807, 2.05) is 13.0 Å². The van der Waals surface area contributed by atoms with Crippen LogP contribution in [0.2, 0.25) is 0 Å². The molecule has 0 bridgehead atoms. The van der Waals surface area contributed by atoms with Crippen molar-refractivity contribution in [3.8, 4) is 0 Å². The zero-order valence-corrected chi connectivity index (χ0v) is 11.5. The average Bonchev–Trinajstić information content (AvgIpc) is 2.42. The van der Waals surface area contributed by atoms with Crippen molar-refractivity contribution in [3.63, 3.8) is 0 Å². The molecule has 1 heterocycles. The Morgan fingerprint density at radius 3 is 2.47 bits per heavy atom. The van der Waals surface area contributed by atoms with Crippen molar-refractivity contribution >= 4 is 5.97 Å². The summed E-state index contributed by atoms with van der Waals surface area (Å²) in [4.78, 5) is 19.1. The number of hydrogen-bond acceptors (Lipinski definition) is 4. The second-order valence-electron chi connectivity index (χ2n) is 4.90. The lowest BCUT2D eigenvalue weighted by Gasteiger charge is -2.33. The van der Waals surface area contributed by atoms with Crippen molar-refractivity contribution in [2.24, 2.45) is 0 Å². The van der Waals surface area contributed by atoms with E-state index >= 15 is 0 Å². The molecule has 0 atom stereocenters. The average molecular weight is 262 g/mol. The van der Waals surface area contributed by atoms with Crippen LogP contribution in [0.5, 0.6) is 0 Å². The van der Waals surface area contributed by atoms with Crippen LogP contribution in [-0.4, -0.2) is 42.1 Å². The molecule has 4 heteroatoms. The third-order valence-corrected chi connectivity index (χ3v) is 3.27. The fourth-order valence-corrected chi connectivity index (χ4v) is 2.21. The molecule has 0 aromatic heterocycles. The number of hydroxylamine groups is 2. The van der Waals surface area contributed by atoms with Crippen molar-refractivity contribution in [3.05, 3.63) is 35.9 Å². The summed E-state index contributed by atoms with van der Waals surface area (Å²) in [6.07, 6.45) is 1.34. The van der Waals surface area contributed by atoms with Crippen molar-refractivity contribution in [2.75, 3.05) is 26.2 Å². The van der Waals surface area contributed by atoms with E-state index in [0.717, 1.165) is 39.1 Å². The zero-order valence-electron chi connectivity index (χ0n) is 11.5. The van der Waals surface area contributed by atoms with Crippen LogP contribution < -0.4 is 0 Å². The molecule has 0 radical (unpaired) electrons. The van der Waals surface area contributed by atoms with Gasteiger partial charge in [-0.2, -0.15) is 0 Å². The second-order valence-corrected chi connectivity index (χ2v) is 4.90. The number of rotatable bonds is 5. The predicted molar refractivity (Wildman–Crippen MR) is 74.3 cm³/mol. The lowest BCUT2D eigenvalue weighted by molar-refractivity contribution is -0.197. The molecule has 1 aromatic carbocycles. The molecule has 0 aliphatic carbocycles. The normalized spacial score (nSPS) is 17.3. The predicted octanol–water partition coefficient (Wildman–Crippen LogP) is 2.06. The van der Waals surface area contributed by atoms with Gasteiger partial charge in [0.2, 0.25) is 0 Å². The molecule has 0 saturated carbocycles. The van der Waals surface area contributed by atoms with Crippen LogP contribution in [0.15, 0.2) is 30.3 Å². The molecule has 1 aliphatic rings. The van der Waals surface area contributed by atoms with Crippen LogP contribution in [0.3, 0.4) is 0 Å². The number of carbonyl (C=O) groups is 1. The Hall–Kier alpha value is -1.39. The molecule has 0 amide bonds. The van der Waals surface area contributed by atoms with E-state index in [9.17, 15) is 4.79 Å². The Balaban J connectivity index is 1.72. The summed E-state index contributed by atoms with van der Waals surface area (Å²) in [6, 6.07) is 10.5. The number of nitrogens with zero attached hydrogens (tertiary/aromatic N) is 2. The van der Waals surface area contributed by atoms with Gasteiger partial charge in [0.1, 0.15) is 0 Å². The summed E-state index contributed by atoms with van der Waals surface area (Å²) in [5, 5.41) is 1.79. The van der Waals surface area contributed by atoms with Crippen molar-refractivity contribution in [1.29, 1.82) is 0 Å². The van der Waals surface area contributed by atoms with Gasteiger partial charge in [0, 0.05) is 39.1 Å². The van der Waals surface area contributed by atoms with Gasteiger partial charge in [0.05, 0.1) is 0 Å².